The quantitative estimate of drug-likeness (QED) is 0.655. The smallest absolute Gasteiger partial charge is 0.237 e. The van der Waals surface area contributed by atoms with Crippen LogP contribution in [0.5, 0.6) is 0 Å². The van der Waals surface area contributed by atoms with Gasteiger partial charge in [-0.15, -0.1) is 10.2 Å². The molecule has 1 aliphatic rings. The van der Waals surface area contributed by atoms with Crippen LogP contribution in [0.3, 0.4) is 0 Å². The van der Waals surface area contributed by atoms with Crippen LogP contribution < -0.4 is 5.32 Å². The van der Waals surface area contributed by atoms with Crippen LogP contribution >= 0.6 is 11.8 Å². The summed E-state index contributed by atoms with van der Waals surface area (Å²) in [5.74, 6) is 0.938. The van der Waals surface area contributed by atoms with Gasteiger partial charge in [-0.25, -0.2) is 0 Å². The minimum atomic E-state index is -0.288. The molecule has 0 radical (unpaired) electrons. The summed E-state index contributed by atoms with van der Waals surface area (Å²) in [5.41, 5.74) is 1.31. The minimum Gasteiger partial charge on any atom is -0.325 e. The Morgan fingerprint density at radius 1 is 1.16 bits per heavy atom. The molecular weight excluding hydrogens is 336 g/mol. The molecule has 1 N–H and O–H groups in total. The lowest BCUT2D eigenvalue weighted by Crippen LogP contribution is -2.23. The number of aryl methyl sites for hydroxylation is 1. The molecule has 0 saturated carbocycles. The summed E-state index contributed by atoms with van der Waals surface area (Å²) in [6.45, 7) is 4.31. The van der Waals surface area contributed by atoms with Crippen molar-refractivity contribution in [1.29, 1.82) is 0 Å². The molecule has 1 amide bonds. The minimum absolute atomic E-state index is 0.00861. The third kappa shape index (κ3) is 4.28. The number of fused-ring (bicyclic) bond motifs is 1. The summed E-state index contributed by atoms with van der Waals surface area (Å²) in [4.78, 5) is 23.7. The van der Waals surface area contributed by atoms with E-state index in [0.29, 0.717) is 11.3 Å². The fourth-order valence-electron chi connectivity index (χ4n) is 2.79. The molecule has 6 nitrogen and oxygen atoms in total. The van der Waals surface area contributed by atoms with Crippen molar-refractivity contribution in [3.05, 3.63) is 35.7 Å². The molecule has 3 rings (SSSR count). The van der Waals surface area contributed by atoms with Gasteiger partial charge in [0.05, 0.1) is 5.25 Å². The third-order valence-electron chi connectivity index (χ3n) is 4.29. The number of rotatable bonds is 5. The molecule has 0 bridgehead atoms. The van der Waals surface area contributed by atoms with Crippen molar-refractivity contribution in [1.82, 2.24) is 14.8 Å². The first kappa shape index (κ1) is 17.7. The standard InChI is InChI=1S/C18H22N4O2S/c1-12(23)14-7-9-15(10-8-14)19-17(24)13(2)25-18-21-20-16-6-4-3-5-11-22(16)18/h7-10,13H,3-6,11H2,1-2H3,(H,19,24)/t13-/m0/s1. The van der Waals surface area contributed by atoms with Crippen LogP contribution in [-0.2, 0) is 17.8 Å². The normalized spacial score (nSPS) is 15.1. The molecule has 2 heterocycles. The maximum atomic E-state index is 12.4. The molecule has 2 aromatic rings. The zero-order chi connectivity index (χ0) is 17.8. The summed E-state index contributed by atoms with van der Waals surface area (Å²) in [6.07, 6.45) is 4.44. The van der Waals surface area contributed by atoms with Crippen LogP contribution in [0.1, 0.15) is 49.3 Å². The van der Waals surface area contributed by atoms with E-state index in [1.165, 1.54) is 25.1 Å². The number of hydrogen-bond donors (Lipinski definition) is 1. The number of anilines is 1. The first-order valence-electron chi connectivity index (χ1n) is 8.55. The van der Waals surface area contributed by atoms with Crippen LogP contribution in [0.2, 0.25) is 0 Å². The SMILES string of the molecule is CC(=O)c1ccc(NC(=O)[C@H](C)Sc2nnc3n2CCCCC3)cc1. The van der Waals surface area contributed by atoms with E-state index in [2.05, 4.69) is 20.1 Å². The van der Waals surface area contributed by atoms with E-state index in [1.54, 1.807) is 24.3 Å². The van der Waals surface area contributed by atoms with Crippen molar-refractivity contribution < 1.29 is 9.59 Å². The fourth-order valence-corrected chi connectivity index (χ4v) is 3.68. The van der Waals surface area contributed by atoms with Gasteiger partial charge in [-0.3, -0.25) is 9.59 Å². The van der Waals surface area contributed by atoms with Gasteiger partial charge in [-0.05, 0) is 51.0 Å². The maximum Gasteiger partial charge on any atom is 0.237 e. The van der Waals surface area contributed by atoms with Crippen molar-refractivity contribution in [3.63, 3.8) is 0 Å². The molecule has 1 aliphatic heterocycles. The molecule has 1 aromatic carbocycles. The second-order valence-electron chi connectivity index (χ2n) is 6.24. The van der Waals surface area contributed by atoms with Gasteiger partial charge >= 0.3 is 0 Å². The van der Waals surface area contributed by atoms with Crippen LogP contribution in [0, 0.1) is 0 Å². The maximum absolute atomic E-state index is 12.4. The van der Waals surface area contributed by atoms with E-state index < -0.39 is 0 Å². The number of hydrogen-bond acceptors (Lipinski definition) is 5. The van der Waals surface area contributed by atoms with Gasteiger partial charge in [-0.2, -0.15) is 0 Å². The second kappa shape index (κ2) is 7.82. The van der Waals surface area contributed by atoms with Crippen molar-refractivity contribution >= 4 is 29.1 Å². The predicted molar refractivity (Wildman–Crippen MR) is 98.0 cm³/mol. The van der Waals surface area contributed by atoms with Crippen LogP contribution in [0.15, 0.2) is 29.4 Å². The number of ketones is 1. The van der Waals surface area contributed by atoms with E-state index in [-0.39, 0.29) is 16.9 Å². The zero-order valence-electron chi connectivity index (χ0n) is 14.5. The summed E-state index contributed by atoms with van der Waals surface area (Å²) in [5, 5.41) is 11.9. The van der Waals surface area contributed by atoms with Crippen LogP contribution in [0.25, 0.3) is 0 Å². The highest BCUT2D eigenvalue weighted by molar-refractivity contribution is 8.00. The molecule has 0 saturated heterocycles. The number of carbonyl (C=O) groups excluding carboxylic acids is 2. The van der Waals surface area contributed by atoms with E-state index in [1.807, 2.05) is 6.92 Å². The lowest BCUT2D eigenvalue weighted by Gasteiger charge is -2.13. The number of thioether (sulfide) groups is 1. The van der Waals surface area contributed by atoms with Crippen LogP contribution in [0.4, 0.5) is 5.69 Å². The van der Waals surface area contributed by atoms with Gasteiger partial charge in [-0.1, -0.05) is 18.2 Å². The molecule has 0 unspecified atom stereocenters. The number of Topliss-reactive ketones (excluding diaryl/α,β-unsaturated/α-hetero) is 1. The van der Waals surface area contributed by atoms with Gasteiger partial charge in [0.25, 0.3) is 0 Å². The number of carbonyl (C=O) groups is 2. The number of nitrogens with one attached hydrogen (secondary N) is 1. The Morgan fingerprint density at radius 3 is 2.64 bits per heavy atom. The molecule has 0 aliphatic carbocycles. The first-order chi connectivity index (χ1) is 12.0. The second-order valence-corrected chi connectivity index (χ2v) is 7.55. The summed E-state index contributed by atoms with van der Waals surface area (Å²) >= 11 is 1.43. The molecule has 25 heavy (non-hydrogen) atoms. The highest BCUT2D eigenvalue weighted by Gasteiger charge is 2.21. The summed E-state index contributed by atoms with van der Waals surface area (Å²) in [6, 6.07) is 6.92. The Morgan fingerprint density at radius 2 is 1.92 bits per heavy atom. The first-order valence-corrected chi connectivity index (χ1v) is 9.43. The number of aromatic nitrogens is 3. The zero-order valence-corrected chi connectivity index (χ0v) is 15.3. The highest BCUT2D eigenvalue weighted by atomic mass is 32.2. The van der Waals surface area contributed by atoms with E-state index in [4.69, 9.17) is 0 Å². The monoisotopic (exact) mass is 358 g/mol. The van der Waals surface area contributed by atoms with Crippen molar-refractivity contribution in [2.45, 2.75) is 56.5 Å². The van der Waals surface area contributed by atoms with Gasteiger partial charge in [0.2, 0.25) is 5.91 Å². The Labute approximate surface area is 151 Å². The Hall–Kier alpha value is -2.15. The molecular formula is C18H22N4O2S. The number of nitrogens with zero attached hydrogens (tertiary/aromatic N) is 3. The molecule has 7 heteroatoms. The Bertz CT molecular complexity index is 770. The topological polar surface area (TPSA) is 76.9 Å². The lowest BCUT2D eigenvalue weighted by molar-refractivity contribution is -0.115. The Balaban J connectivity index is 1.63. The summed E-state index contributed by atoms with van der Waals surface area (Å²) in [7, 11) is 0. The van der Waals surface area contributed by atoms with Gasteiger partial charge in [0.15, 0.2) is 10.9 Å². The average Bonchev–Trinajstić information content (AvgIpc) is 2.82. The summed E-state index contributed by atoms with van der Waals surface area (Å²) < 4.78 is 2.14. The van der Waals surface area contributed by atoms with Crippen molar-refractivity contribution in [3.8, 4) is 0 Å². The molecule has 132 valence electrons. The number of amides is 1. The third-order valence-corrected chi connectivity index (χ3v) is 5.37. The van der Waals surface area contributed by atoms with Crippen molar-refractivity contribution in [2.24, 2.45) is 0 Å². The van der Waals surface area contributed by atoms with Crippen LogP contribution in [-0.4, -0.2) is 31.7 Å². The molecule has 1 aromatic heterocycles. The van der Waals surface area contributed by atoms with E-state index >= 15 is 0 Å². The molecule has 0 fully saturated rings. The largest absolute Gasteiger partial charge is 0.325 e. The van der Waals surface area contributed by atoms with Crippen molar-refractivity contribution in [2.75, 3.05) is 5.32 Å². The van der Waals surface area contributed by atoms with Gasteiger partial charge in [0.1, 0.15) is 5.82 Å². The predicted octanol–water partition coefficient (Wildman–Crippen LogP) is 3.33. The average molecular weight is 358 g/mol. The fraction of sp³-hybridized carbons (Fsp3) is 0.444. The molecule has 1 atom stereocenters. The number of benzene rings is 1. The highest BCUT2D eigenvalue weighted by Crippen LogP contribution is 2.26. The van der Waals surface area contributed by atoms with Gasteiger partial charge in [0, 0.05) is 24.2 Å². The lowest BCUT2D eigenvalue weighted by atomic mass is 10.1. The van der Waals surface area contributed by atoms with E-state index in [0.717, 1.165) is 36.8 Å². The van der Waals surface area contributed by atoms with E-state index in [9.17, 15) is 9.59 Å². The molecule has 0 spiro atoms. The van der Waals surface area contributed by atoms with Gasteiger partial charge < -0.3 is 9.88 Å². The Kier molecular flexibility index (Phi) is 5.53.